The summed E-state index contributed by atoms with van der Waals surface area (Å²) in [7, 11) is 0. The molecule has 0 saturated carbocycles. The van der Waals surface area contributed by atoms with E-state index in [0.717, 1.165) is 6.07 Å². The van der Waals surface area contributed by atoms with Crippen molar-refractivity contribution in [3.05, 3.63) is 34.6 Å². The van der Waals surface area contributed by atoms with Gasteiger partial charge in [-0.05, 0) is 31.4 Å². The maximum atomic E-state index is 13.3. The number of hydrogen-bond acceptors (Lipinski definition) is 2. The molecule has 20 heavy (non-hydrogen) atoms. The molecule has 1 rings (SSSR count). The molecule has 0 aliphatic rings. The number of nitrogens with two attached hydrogens (primary N) is 1. The number of hydrogen-bond donors (Lipinski definition) is 2. The fourth-order valence-electron chi connectivity index (χ4n) is 2.03. The summed E-state index contributed by atoms with van der Waals surface area (Å²) in [5, 5.41) is 2.27. The van der Waals surface area contributed by atoms with Gasteiger partial charge in [0.05, 0.1) is 10.6 Å². The van der Waals surface area contributed by atoms with Crippen molar-refractivity contribution in [1.29, 1.82) is 0 Å². The van der Waals surface area contributed by atoms with Gasteiger partial charge < -0.3 is 11.1 Å². The van der Waals surface area contributed by atoms with E-state index in [2.05, 4.69) is 5.32 Å². The normalized spacial score (nSPS) is 13.9. The van der Waals surface area contributed by atoms with Gasteiger partial charge in [-0.15, -0.1) is 0 Å². The van der Waals surface area contributed by atoms with Crippen LogP contribution in [-0.4, -0.2) is 17.4 Å². The van der Waals surface area contributed by atoms with E-state index in [1.807, 2.05) is 13.8 Å². The molecule has 0 spiro atoms. The molecule has 0 heterocycles. The lowest BCUT2D eigenvalue weighted by molar-refractivity contribution is -0.124. The Labute approximate surface area is 122 Å². The lowest BCUT2D eigenvalue weighted by Gasteiger charge is -2.29. The van der Waals surface area contributed by atoms with Gasteiger partial charge in [-0.1, -0.05) is 31.5 Å². The molecule has 4 nitrogen and oxygen atoms in total. The lowest BCUT2D eigenvalue weighted by Crippen LogP contribution is -2.56. The van der Waals surface area contributed by atoms with Crippen LogP contribution in [0.25, 0.3) is 0 Å². The second kappa shape index (κ2) is 6.22. The van der Waals surface area contributed by atoms with Crippen molar-refractivity contribution in [3.8, 4) is 0 Å². The van der Waals surface area contributed by atoms with Gasteiger partial charge >= 0.3 is 0 Å². The van der Waals surface area contributed by atoms with Gasteiger partial charge in [0, 0.05) is 0 Å². The SMILES string of the molecule is CC(C)CC(C)(NC(=O)c1cccc(F)c1Cl)C(N)=O. The molecule has 1 aromatic carbocycles. The van der Waals surface area contributed by atoms with E-state index < -0.39 is 23.2 Å². The lowest BCUT2D eigenvalue weighted by atomic mass is 9.89. The molecule has 0 radical (unpaired) electrons. The molecule has 0 aromatic heterocycles. The third-order valence-electron chi connectivity index (χ3n) is 2.95. The zero-order chi connectivity index (χ0) is 15.5. The summed E-state index contributed by atoms with van der Waals surface area (Å²) in [4.78, 5) is 23.7. The van der Waals surface area contributed by atoms with Gasteiger partial charge in [-0.2, -0.15) is 0 Å². The number of carbonyl (C=O) groups is 2. The third kappa shape index (κ3) is 3.70. The van der Waals surface area contributed by atoms with E-state index in [-0.39, 0.29) is 16.5 Å². The zero-order valence-electron chi connectivity index (χ0n) is 11.7. The summed E-state index contributed by atoms with van der Waals surface area (Å²) in [6, 6.07) is 3.91. The van der Waals surface area contributed by atoms with Crippen LogP contribution in [0, 0.1) is 11.7 Å². The number of benzene rings is 1. The van der Waals surface area contributed by atoms with Crippen molar-refractivity contribution >= 4 is 23.4 Å². The average Bonchev–Trinajstić information content (AvgIpc) is 2.31. The van der Waals surface area contributed by atoms with Gasteiger partial charge in [0.15, 0.2) is 0 Å². The van der Waals surface area contributed by atoms with Crippen LogP contribution >= 0.6 is 11.6 Å². The largest absolute Gasteiger partial charge is 0.368 e. The smallest absolute Gasteiger partial charge is 0.253 e. The molecular weight excluding hydrogens is 283 g/mol. The number of rotatable bonds is 5. The summed E-state index contributed by atoms with van der Waals surface area (Å²) < 4.78 is 13.3. The minimum atomic E-state index is -1.21. The molecule has 2 amide bonds. The van der Waals surface area contributed by atoms with Crippen molar-refractivity contribution in [2.24, 2.45) is 11.7 Å². The van der Waals surface area contributed by atoms with Crippen LogP contribution in [0.4, 0.5) is 4.39 Å². The Morgan fingerprint density at radius 2 is 2.05 bits per heavy atom. The van der Waals surface area contributed by atoms with Crippen LogP contribution < -0.4 is 11.1 Å². The van der Waals surface area contributed by atoms with Crippen LogP contribution in [0.15, 0.2) is 18.2 Å². The number of halogens is 2. The zero-order valence-corrected chi connectivity index (χ0v) is 12.4. The molecular formula is C14H18ClFN2O2. The molecule has 1 atom stereocenters. The number of amides is 2. The molecule has 0 bridgehead atoms. The summed E-state index contributed by atoms with van der Waals surface area (Å²) in [5.74, 6) is -1.82. The van der Waals surface area contributed by atoms with Crippen LogP contribution in [-0.2, 0) is 4.79 Å². The highest BCUT2D eigenvalue weighted by Gasteiger charge is 2.34. The van der Waals surface area contributed by atoms with Gasteiger partial charge in [-0.25, -0.2) is 4.39 Å². The Bertz CT molecular complexity index is 534. The van der Waals surface area contributed by atoms with Gasteiger partial charge in [-0.3, -0.25) is 9.59 Å². The predicted molar refractivity (Wildman–Crippen MR) is 75.9 cm³/mol. The van der Waals surface area contributed by atoms with Gasteiger partial charge in [0.2, 0.25) is 5.91 Å². The first-order chi connectivity index (χ1) is 9.17. The molecule has 3 N–H and O–H groups in total. The molecule has 6 heteroatoms. The standard InChI is InChI=1S/C14H18ClFN2O2/c1-8(2)7-14(3,13(17)20)18-12(19)9-5-4-6-10(16)11(9)15/h4-6,8H,7H2,1-3H3,(H2,17,20)(H,18,19). The minimum absolute atomic E-state index is 0.0251. The number of primary amides is 1. The summed E-state index contributed by atoms with van der Waals surface area (Å²) >= 11 is 5.75. The predicted octanol–water partition coefficient (Wildman–Crippen LogP) is 2.50. The number of carbonyl (C=O) groups excluding carboxylic acids is 2. The van der Waals surface area contributed by atoms with E-state index in [4.69, 9.17) is 17.3 Å². The maximum absolute atomic E-state index is 13.3. The fourth-order valence-corrected chi connectivity index (χ4v) is 2.24. The second-order valence-electron chi connectivity index (χ2n) is 5.35. The van der Waals surface area contributed by atoms with Crippen molar-refractivity contribution in [2.45, 2.75) is 32.7 Å². The van der Waals surface area contributed by atoms with Crippen LogP contribution in [0.1, 0.15) is 37.6 Å². The highest BCUT2D eigenvalue weighted by atomic mass is 35.5. The summed E-state index contributed by atoms with van der Waals surface area (Å²) in [6.45, 7) is 5.35. The van der Waals surface area contributed by atoms with E-state index in [0.29, 0.717) is 6.42 Å². The minimum Gasteiger partial charge on any atom is -0.368 e. The van der Waals surface area contributed by atoms with Gasteiger partial charge in [0.25, 0.3) is 5.91 Å². The summed E-state index contributed by atoms with van der Waals surface area (Å²) in [5.41, 5.74) is 4.12. The average molecular weight is 301 g/mol. The molecule has 0 aliphatic carbocycles. The van der Waals surface area contributed by atoms with Crippen molar-refractivity contribution in [2.75, 3.05) is 0 Å². The van der Waals surface area contributed by atoms with E-state index >= 15 is 0 Å². The van der Waals surface area contributed by atoms with E-state index in [9.17, 15) is 14.0 Å². The Hall–Kier alpha value is -1.62. The molecule has 1 aromatic rings. The Kier molecular flexibility index (Phi) is 5.11. The molecule has 0 aliphatic heterocycles. The Balaban J connectivity index is 3.03. The summed E-state index contributed by atoms with van der Waals surface area (Å²) in [6.07, 6.45) is 0.376. The first-order valence-corrected chi connectivity index (χ1v) is 6.61. The molecule has 0 fully saturated rings. The van der Waals surface area contributed by atoms with E-state index in [1.165, 1.54) is 12.1 Å². The quantitative estimate of drug-likeness (QED) is 0.877. The van der Waals surface area contributed by atoms with Crippen molar-refractivity contribution in [1.82, 2.24) is 5.32 Å². The monoisotopic (exact) mass is 300 g/mol. The highest BCUT2D eigenvalue weighted by molar-refractivity contribution is 6.34. The maximum Gasteiger partial charge on any atom is 0.253 e. The first-order valence-electron chi connectivity index (χ1n) is 6.24. The van der Waals surface area contributed by atoms with Gasteiger partial charge in [0.1, 0.15) is 11.4 Å². The second-order valence-corrected chi connectivity index (χ2v) is 5.73. The fraction of sp³-hybridized carbons (Fsp3) is 0.429. The molecule has 1 unspecified atom stereocenters. The van der Waals surface area contributed by atoms with Crippen LogP contribution in [0.3, 0.4) is 0 Å². The van der Waals surface area contributed by atoms with Crippen molar-refractivity contribution < 1.29 is 14.0 Å². The van der Waals surface area contributed by atoms with E-state index in [1.54, 1.807) is 6.92 Å². The third-order valence-corrected chi connectivity index (χ3v) is 3.33. The topological polar surface area (TPSA) is 72.2 Å². The highest BCUT2D eigenvalue weighted by Crippen LogP contribution is 2.22. The first kappa shape index (κ1) is 16.4. The molecule has 110 valence electrons. The van der Waals surface area contributed by atoms with Crippen LogP contribution in [0.2, 0.25) is 5.02 Å². The van der Waals surface area contributed by atoms with Crippen LogP contribution in [0.5, 0.6) is 0 Å². The number of nitrogens with one attached hydrogen (secondary N) is 1. The van der Waals surface area contributed by atoms with Crippen molar-refractivity contribution in [3.63, 3.8) is 0 Å². The Morgan fingerprint density at radius 1 is 1.45 bits per heavy atom. The molecule has 0 saturated heterocycles. The Morgan fingerprint density at radius 3 is 2.55 bits per heavy atom.